The van der Waals surface area contributed by atoms with Crippen molar-refractivity contribution in [2.24, 2.45) is 0 Å². The van der Waals surface area contributed by atoms with Gasteiger partial charge in [-0.1, -0.05) is 0 Å². The lowest BCUT2D eigenvalue weighted by atomic mass is 9.96. The molecule has 0 saturated carbocycles. The van der Waals surface area contributed by atoms with E-state index in [9.17, 15) is 14.4 Å². The van der Waals surface area contributed by atoms with E-state index in [0.29, 0.717) is 0 Å². The van der Waals surface area contributed by atoms with Gasteiger partial charge in [0.25, 0.3) is 0 Å². The lowest BCUT2D eigenvalue weighted by Gasteiger charge is -2.35. The van der Waals surface area contributed by atoms with Crippen LogP contribution in [0.25, 0.3) is 0 Å². The number of carboxylic acid groups (broad SMARTS) is 2. The van der Waals surface area contributed by atoms with Crippen LogP contribution in [-0.2, 0) is 14.3 Å². The highest BCUT2D eigenvalue weighted by atomic mass is 16.6. The van der Waals surface area contributed by atoms with Gasteiger partial charge in [-0.3, -0.25) is 9.69 Å². The van der Waals surface area contributed by atoms with Crippen molar-refractivity contribution in [2.45, 2.75) is 45.3 Å². The molecule has 7 heteroatoms. The number of hydrogen-bond donors (Lipinski definition) is 2. The van der Waals surface area contributed by atoms with Crippen molar-refractivity contribution >= 4 is 18.0 Å². The van der Waals surface area contributed by atoms with Crippen molar-refractivity contribution in [1.82, 2.24) is 4.90 Å². The Balaban J connectivity index is 5.09. The van der Waals surface area contributed by atoms with Crippen molar-refractivity contribution < 1.29 is 29.3 Å². The molecule has 104 valence electrons. The zero-order valence-electron chi connectivity index (χ0n) is 11.2. The summed E-state index contributed by atoms with van der Waals surface area (Å²) in [6, 6.07) is 0. The van der Waals surface area contributed by atoms with E-state index in [0.717, 1.165) is 11.8 Å². The zero-order chi connectivity index (χ0) is 14.7. The molecule has 0 saturated heterocycles. The first kappa shape index (κ1) is 16.2. The van der Waals surface area contributed by atoms with Crippen molar-refractivity contribution in [3.8, 4) is 0 Å². The third-order valence-electron chi connectivity index (χ3n) is 2.36. The van der Waals surface area contributed by atoms with Crippen LogP contribution in [0.2, 0.25) is 0 Å². The maximum absolute atomic E-state index is 11.7. The van der Waals surface area contributed by atoms with Gasteiger partial charge >= 0.3 is 18.0 Å². The number of carbonyl (C=O) groups excluding carboxylic acids is 1. The number of nitrogens with zero attached hydrogens (tertiary/aromatic N) is 1. The smallest absolute Gasteiger partial charge is 0.410 e. The van der Waals surface area contributed by atoms with Gasteiger partial charge in [0, 0.05) is 7.05 Å². The van der Waals surface area contributed by atoms with E-state index in [1.54, 1.807) is 20.8 Å². The Bertz CT molecular complexity index is 359. The first-order valence-electron chi connectivity index (χ1n) is 5.32. The quantitative estimate of drug-likeness (QED) is 0.787. The van der Waals surface area contributed by atoms with Crippen molar-refractivity contribution in [3.63, 3.8) is 0 Å². The second kappa shape index (κ2) is 5.24. The molecule has 7 nitrogen and oxygen atoms in total. The van der Waals surface area contributed by atoms with E-state index >= 15 is 0 Å². The number of amides is 1. The summed E-state index contributed by atoms with van der Waals surface area (Å²) < 4.78 is 5.01. The van der Waals surface area contributed by atoms with E-state index in [-0.39, 0.29) is 0 Å². The van der Waals surface area contributed by atoms with Crippen LogP contribution in [0, 0.1) is 0 Å². The van der Waals surface area contributed by atoms with Gasteiger partial charge in [-0.25, -0.2) is 9.59 Å². The largest absolute Gasteiger partial charge is 0.481 e. The Hall–Kier alpha value is -1.79. The van der Waals surface area contributed by atoms with Crippen LogP contribution in [0.4, 0.5) is 4.79 Å². The van der Waals surface area contributed by atoms with Crippen molar-refractivity contribution in [3.05, 3.63) is 0 Å². The predicted molar refractivity (Wildman–Crippen MR) is 62.3 cm³/mol. The molecule has 0 aliphatic carbocycles. The third-order valence-corrected chi connectivity index (χ3v) is 2.36. The normalized spacial score (nSPS) is 14.5. The SMILES string of the molecule is CN(C(=O)OC(C)(C)C)C(C)(CC(=O)O)C(=O)O. The second-order valence-electron chi connectivity index (χ2n) is 5.19. The van der Waals surface area contributed by atoms with Crippen LogP contribution >= 0.6 is 0 Å². The molecular formula is C11H19NO6. The minimum absolute atomic E-state index is 0.710. The van der Waals surface area contributed by atoms with Crippen LogP contribution in [0.3, 0.4) is 0 Å². The molecule has 1 amide bonds. The fraction of sp³-hybridized carbons (Fsp3) is 0.727. The van der Waals surface area contributed by atoms with Gasteiger partial charge in [-0.15, -0.1) is 0 Å². The van der Waals surface area contributed by atoms with E-state index in [1.807, 2.05) is 0 Å². The van der Waals surface area contributed by atoms with Crippen LogP contribution < -0.4 is 0 Å². The van der Waals surface area contributed by atoms with Gasteiger partial charge in [0.2, 0.25) is 0 Å². The Labute approximate surface area is 105 Å². The molecule has 0 fully saturated rings. The fourth-order valence-electron chi connectivity index (χ4n) is 1.16. The third kappa shape index (κ3) is 4.23. The molecule has 0 heterocycles. The zero-order valence-corrected chi connectivity index (χ0v) is 11.2. The van der Waals surface area contributed by atoms with Crippen LogP contribution in [0.1, 0.15) is 34.1 Å². The average Bonchev–Trinajstić information content (AvgIpc) is 2.12. The molecule has 0 radical (unpaired) electrons. The lowest BCUT2D eigenvalue weighted by molar-refractivity contribution is -0.155. The molecule has 0 spiro atoms. The van der Waals surface area contributed by atoms with E-state index in [4.69, 9.17) is 14.9 Å². The van der Waals surface area contributed by atoms with Gasteiger partial charge in [0.1, 0.15) is 5.60 Å². The maximum atomic E-state index is 11.7. The van der Waals surface area contributed by atoms with Crippen molar-refractivity contribution in [1.29, 1.82) is 0 Å². The molecular weight excluding hydrogens is 242 g/mol. The second-order valence-corrected chi connectivity index (χ2v) is 5.19. The summed E-state index contributed by atoms with van der Waals surface area (Å²) in [6.45, 7) is 6.06. The summed E-state index contributed by atoms with van der Waals surface area (Å²) in [5.74, 6) is -2.71. The molecule has 1 unspecified atom stereocenters. The molecule has 0 rings (SSSR count). The van der Waals surface area contributed by atoms with Gasteiger partial charge in [-0.05, 0) is 27.7 Å². The van der Waals surface area contributed by atoms with Gasteiger partial charge in [-0.2, -0.15) is 0 Å². The average molecular weight is 261 g/mol. The predicted octanol–water partition coefficient (Wildman–Crippen LogP) is 1.17. The highest BCUT2D eigenvalue weighted by Gasteiger charge is 2.43. The standard InChI is InChI=1S/C11H19NO6/c1-10(2,3)18-9(17)12(5)11(4,8(15)16)6-7(13)14/h6H2,1-5H3,(H,13,14)(H,15,16). The molecule has 0 aliphatic heterocycles. The van der Waals surface area contributed by atoms with E-state index < -0.39 is 35.6 Å². The Kier molecular flexibility index (Phi) is 4.72. The van der Waals surface area contributed by atoms with E-state index in [1.165, 1.54) is 7.05 Å². The minimum atomic E-state index is -1.85. The summed E-state index contributed by atoms with van der Waals surface area (Å²) in [6.07, 6.45) is -1.59. The Morgan fingerprint density at radius 2 is 1.56 bits per heavy atom. The Morgan fingerprint density at radius 1 is 1.11 bits per heavy atom. The first-order chi connectivity index (χ1) is 7.90. The minimum Gasteiger partial charge on any atom is -0.481 e. The van der Waals surface area contributed by atoms with Gasteiger partial charge in [0.05, 0.1) is 6.42 Å². The lowest BCUT2D eigenvalue weighted by Crippen LogP contribution is -2.55. The summed E-state index contributed by atoms with van der Waals surface area (Å²) >= 11 is 0. The number of carbonyl (C=O) groups is 3. The van der Waals surface area contributed by atoms with Crippen LogP contribution in [0.5, 0.6) is 0 Å². The molecule has 0 aromatic rings. The van der Waals surface area contributed by atoms with Crippen LogP contribution in [-0.4, -0.2) is 51.3 Å². The van der Waals surface area contributed by atoms with Gasteiger partial charge < -0.3 is 14.9 Å². The van der Waals surface area contributed by atoms with Crippen LogP contribution in [0.15, 0.2) is 0 Å². The monoisotopic (exact) mass is 261 g/mol. The summed E-state index contributed by atoms with van der Waals surface area (Å²) in [4.78, 5) is 34.4. The summed E-state index contributed by atoms with van der Waals surface area (Å²) in [5, 5.41) is 17.8. The topological polar surface area (TPSA) is 104 Å². The number of likely N-dealkylation sites (N-methyl/N-ethyl adjacent to an activating group) is 1. The summed E-state index contributed by atoms with van der Waals surface area (Å²) in [5.41, 5.74) is -2.64. The number of carboxylic acids is 2. The number of rotatable bonds is 4. The summed E-state index contributed by atoms with van der Waals surface area (Å²) in [7, 11) is 1.20. The number of hydrogen-bond acceptors (Lipinski definition) is 4. The molecule has 0 aromatic carbocycles. The molecule has 0 aromatic heterocycles. The fourth-order valence-corrected chi connectivity index (χ4v) is 1.16. The van der Waals surface area contributed by atoms with E-state index in [2.05, 4.69) is 0 Å². The van der Waals surface area contributed by atoms with Gasteiger partial charge in [0.15, 0.2) is 5.54 Å². The number of aliphatic carboxylic acids is 2. The molecule has 0 aliphatic rings. The van der Waals surface area contributed by atoms with Crippen molar-refractivity contribution in [2.75, 3.05) is 7.05 Å². The molecule has 1 atom stereocenters. The molecule has 0 bridgehead atoms. The Morgan fingerprint density at radius 3 is 1.83 bits per heavy atom. The highest BCUT2D eigenvalue weighted by molar-refractivity contribution is 5.88. The molecule has 18 heavy (non-hydrogen) atoms. The highest BCUT2D eigenvalue weighted by Crippen LogP contribution is 2.21. The number of ether oxygens (including phenoxy) is 1. The molecule has 2 N–H and O–H groups in total. The first-order valence-corrected chi connectivity index (χ1v) is 5.32. The maximum Gasteiger partial charge on any atom is 0.410 e.